The van der Waals surface area contributed by atoms with E-state index in [1.54, 1.807) is 18.6 Å². The number of nitrogens with zero attached hydrogens (tertiary/aromatic N) is 2. The average molecular weight is 277 g/mol. The molecule has 2 aromatic rings. The van der Waals surface area contributed by atoms with E-state index in [1.165, 1.54) is 6.07 Å². The lowest BCUT2D eigenvalue weighted by atomic mass is 10.1. The van der Waals surface area contributed by atoms with Crippen molar-refractivity contribution in [3.05, 3.63) is 47.8 Å². The van der Waals surface area contributed by atoms with E-state index in [9.17, 15) is 4.39 Å². The number of rotatable bonds is 6. The number of halogens is 1. The minimum absolute atomic E-state index is 0.111. The van der Waals surface area contributed by atoms with Gasteiger partial charge in [-0.3, -0.25) is 0 Å². The van der Waals surface area contributed by atoms with Crippen LogP contribution in [0.3, 0.4) is 0 Å². The summed E-state index contributed by atoms with van der Waals surface area (Å²) in [5.74, 6) is -0.0759. The third-order valence-electron chi connectivity index (χ3n) is 3.40. The van der Waals surface area contributed by atoms with Gasteiger partial charge in [-0.05, 0) is 38.6 Å². The van der Waals surface area contributed by atoms with Crippen LogP contribution in [-0.4, -0.2) is 16.6 Å². The van der Waals surface area contributed by atoms with Crippen molar-refractivity contribution in [1.29, 1.82) is 0 Å². The second-order valence-corrected chi connectivity index (χ2v) is 4.66. The summed E-state index contributed by atoms with van der Waals surface area (Å²) in [7, 11) is 1.85. The molecule has 1 aromatic heterocycles. The van der Waals surface area contributed by atoms with Gasteiger partial charge < -0.3 is 14.6 Å². The second kappa shape index (κ2) is 6.52. The number of nitrogens with one attached hydrogen (secondary N) is 1. The van der Waals surface area contributed by atoms with E-state index in [1.807, 2.05) is 31.5 Å². The molecule has 0 aliphatic heterocycles. The van der Waals surface area contributed by atoms with Crippen molar-refractivity contribution in [2.24, 2.45) is 0 Å². The molecule has 5 heteroatoms. The summed E-state index contributed by atoms with van der Waals surface area (Å²) in [5, 5.41) is 3.08. The number of hydrogen-bond acceptors (Lipinski definition) is 3. The van der Waals surface area contributed by atoms with Crippen molar-refractivity contribution in [2.45, 2.75) is 33.0 Å². The molecule has 0 aliphatic carbocycles. The van der Waals surface area contributed by atoms with Crippen LogP contribution in [0.15, 0.2) is 30.7 Å². The van der Waals surface area contributed by atoms with Gasteiger partial charge in [0.25, 0.3) is 0 Å². The largest absolute Gasteiger partial charge is 0.484 e. The van der Waals surface area contributed by atoms with Crippen LogP contribution in [0.1, 0.15) is 31.1 Å². The first-order chi connectivity index (χ1) is 9.65. The Balaban J connectivity index is 2.07. The third kappa shape index (κ3) is 3.17. The van der Waals surface area contributed by atoms with Gasteiger partial charge in [0.15, 0.2) is 11.6 Å². The topological polar surface area (TPSA) is 39.1 Å². The Morgan fingerprint density at radius 3 is 2.90 bits per heavy atom. The first kappa shape index (κ1) is 14.5. The monoisotopic (exact) mass is 277 g/mol. The maximum atomic E-state index is 14.0. The number of aryl methyl sites for hydroxylation is 1. The van der Waals surface area contributed by atoms with Crippen molar-refractivity contribution in [1.82, 2.24) is 14.9 Å². The number of ether oxygens (including phenoxy) is 1. The summed E-state index contributed by atoms with van der Waals surface area (Å²) in [5.41, 5.74) is 1.83. The van der Waals surface area contributed by atoms with Crippen LogP contribution < -0.4 is 10.1 Å². The van der Waals surface area contributed by atoms with Gasteiger partial charge in [0.05, 0.1) is 18.2 Å². The van der Waals surface area contributed by atoms with Gasteiger partial charge in [-0.25, -0.2) is 9.37 Å². The summed E-state index contributed by atoms with van der Waals surface area (Å²) in [6.45, 7) is 5.14. The molecule has 4 nitrogen and oxygen atoms in total. The van der Waals surface area contributed by atoms with Crippen molar-refractivity contribution in [2.75, 3.05) is 7.05 Å². The normalized spacial score (nSPS) is 12.4. The van der Waals surface area contributed by atoms with Crippen LogP contribution in [0.5, 0.6) is 5.75 Å². The lowest BCUT2D eigenvalue weighted by Gasteiger charge is -2.13. The molecule has 0 saturated carbocycles. The van der Waals surface area contributed by atoms with E-state index in [0.29, 0.717) is 6.61 Å². The Morgan fingerprint density at radius 1 is 1.45 bits per heavy atom. The molecule has 1 atom stereocenters. The van der Waals surface area contributed by atoms with E-state index < -0.39 is 0 Å². The Kier molecular flexibility index (Phi) is 4.74. The highest BCUT2D eigenvalue weighted by Gasteiger charge is 2.09. The molecule has 2 rings (SSSR count). The molecule has 0 spiro atoms. The molecule has 20 heavy (non-hydrogen) atoms. The van der Waals surface area contributed by atoms with Gasteiger partial charge in [0.2, 0.25) is 0 Å². The van der Waals surface area contributed by atoms with E-state index >= 15 is 0 Å². The Labute approximate surface area is 118 Å². The zero-order valence-corrected chi connectivity index (χ0v) is 12.1. The van der Waals surface area contributed by atoms with Gasteiger partial charge in [-0.15, -0.1) is 0 Å². The predicted molar refractivity (Wildman–Crippen MR) is 76.1 cm³/mol. The number of hydrogen-bond donors (Lipinski definition) is 1. The second-order valence-electron chi connectivity index (χ2n) is 4.66. The van der Waals surface area contributed by atoms with Crippen LogP contribution in [-0.2, 0) is 13.2 Å². The average Bonchev–Trinajstić information content (AvgIpc) is 2.92. The molecule has 108 valence electrons. The fourth-order valence-corrected chi connectivity index (χ4v) is 1.97. The van der Waals surface area contributed by atoms with Gasteiger partial charge in [-0.1, -0.05) is 6.07 Å². The molecule has 0 radical (unpaired) electrons. The molecular weight excluding hydrogens is 257 g/mol. The minimum atomic E-state index is -0.341. The summed E-state index contributed by atoms with van der Waals surface area (Å²) >= 11 is 0. The highest BCUT2D eigenvalue weighted by atomic mass is 19.1. The summed E-state index contributed by atoms with van der Waals surface area (Å²) in [6, 6.07) is 5.16. The molecule has 0 fully saturated rings. The summed E-state index contributed by atoms with van der Waals surface area (Å²) < 4.78 is 21.5. The number of imidazole rings is 1. The van der Waals surface area contributed by atoms with Crippen LogP contribution in [0.2, 0.25) is 0 Å². The Morgan fingerprint density at radius 2 is 2.25 bits per heavy atom. The smallest absolute Gasteiger partial charge is 0.165 e. The molecule has 0 aliphatic rings. The molecular formula is C15H20FN3O. The van der Waals surface area contributed by atoms with Gasteiger partial charge in [0.1, 0.15) is 6.61 Å². The van der Waals surface area contributed by atoms with Crippen molar-refractivity contribution in [3.63, 3.8) is 0 Å². The SMILES string of the molecule is CCn1cncc1COc1ccc(C(C)NC)cc1F. The summed E-state index contributed by atoms with van der Waals surface area (Å²) in [4.78, 5) is 4.06. The lowest BCUT2D eigenvalue weighted by molar-refractivity contribution is 0.280. The standard InChI is InChI=1S/C15H20FN3O/c1-4-19-10-18-8-13(19)9-20-15-6-5-12(7-14(15)16)11(2)17-3/h5-8,10-11,17H,4,9H2,1-3H3. The minimum Gasteiger partial charge on any atom is -0.484 e. The van der Waals surface area contributed by atoms with Crippen molar-refractivity contribution in [3.8, 4) is 5.75 Å². The zero-order valence-electron chi connectivity index (χ0n) is 12.1. The highest BCUT2D eigenvalue weighted by Crippen LogP contribution is 2.22. The quantitative estimate of drug-likeness (QED) is 0.882. The maximum Gasteiger partial charge on any atom is 0.165 e. The van der Waals surface area contributed by atoms with Crippen LogP contribution >= 0.6 is 0 Å². The first-order valence-electron chi connectivity index (χ1n) is 6.74. The van der Waals surface area contributed by atoms with Gasteiger partial charge in [-0.2, -0.15) is 0 Å². The van der Waals surface area contributed by atoms with E-state index in [-0.39, 0.29) is 17.6 Å². The van der Waals surface area contributed by atoms with E-state index in [0.717, 1.165) is 17.8 Å². The van der Waals surface area contributed by atoms with Crippen molar-refractivity contribution >= 4 is 0 Å². The molecule has 0 amide bonds. The fourth-order valence-electron chi connectivity index (χ4n) is 1.97. The molecule has 1 aromatic carbocycles. The maximum absolute atomic E-state index is 14.0. The van der Waals surface area contributed by atoms with Crippen LogP contribution in [0, 0.1) is 5.82 Å². The summed E-state index contributed by atoms with van der Waals surface area (Å²) in [6.07, 6.45) is 3.48. The van der Waals surface area contributed by atoms with Crippen LogP contribution in [0.4, 0.5) is 4.39 Å². The number of aromatic nitrogens is 2. The number of benzene rings is 1. The molecule has 0 saturated heterocycles. The predicted octanol–water partition coefficient (Wildman–Crippen LogP) is 2.90. The van der Waals surface area contributed by atoms with Gasteiger partial charge in [0, 0.05) is 12.6 Å². The van der Waals surface area contributed by atoms with E-state index in [4.69, 9.17) is 4.74 Å². The Hall–Kier alpha value is -1.88. The molecule has 1 N–H and O–H groups in total. The molecule has 1 heterocycles. The zero-order chi connectivity index (χ0) is 14.5. The Bertz CT molecular complexity index is 568. The molecule has 1 unspecified atom stereocenters. The van der Waals surface area contributed by atoms with Crippen LogP contribution in [0.25, 0.3) is 0 Å². The first-order valence-corrected chi connectivity index (χ1v) is 6.74. The van der Waals surface area contributed by atoms with Gasteiger partial charge >= 0.3 is 0 Å². The van der Waals surface area contributed by atoms with Crippen molar-refractivity contribution < 1.29 is 9.13 Å². The van der Waals surface area contributed by atoms with E-state index in [2.05, 4.69) is 10.3 Å². The highest BCUT2D eigenvalue weighted by molar-refractivity contribution is 5.31. The fraction of sp³-hybridized carbons (Fsp3) is 0.400. The molecule has 0 bridgehead atoms. The lowest BCUT2D eigenvalue weighted by Crippen LogP contribution is -2.12. The third-order valence-corrected chi connectivity index (χ3v) is 3.40.